The molecule has 2 aromatic carbocycles. The first-order valence-corrected chi connectivity index (χ1v) is 13.9. The van der Waals surface area contributed by atoms with Crippen LogP contribution in [0.3, 0.4) is 0 Å². The number of aromatic nitrogens is 3. The molecule has 6 nitrogen and oxygen atoms in total. The number of benzene rings is 2. The summed E-state index contributed by atoms with van der Waals surface area (Å²) in [6, 6.07) is 11.9. The molecule has 0 spiro atoms. The van der Waals surface area contributed by atoms with Crippen molar-refractivity contribution in [1.29, 1.82) is 0 Å². The average molecular weight is 533 g/mol. The maximum absolute atomic E-state index is 15.5. The predicted molar refractivity (Wildman–Crippen MR) is 153 cm³/mol. The van der Waals surface area contributed by atoms with Crippen molar-refractivity contribution in [3.05, 3.63) is 65.3 Å². The standard InChI is InChI=1S/C30H34ClFN6/c1-19-23(4-3-5-26(19)31)24-11-6-20(16-27(24)32)25-17-38(30-28(25)29(33)34-18-35-30)22-9-7-21(8-10-22)37-14-12-36(2)13-15-37/h3-6,11,16-18,21-22H,7-10,12-15H2,1-2H3,(H2,33,34,35). The summed E-state index contributed by atoms with van der Waals surface area (Å²) in [4.78, 5) is 14.0. The summed E-state index contributed by atoms with van der Waals surface area (Å²) >= 11 is 6.30. The number of halogens is 2. The fourth-order valence-electron chi connectivity index (χ4n) is 6.29. The summed E-state index contributed by atoms with van der Waals surface area (Å²) in [5.74, 6) is 0.127. The Labute approximate surface area is 228 Å². The van der Waals surface area contributed by atoms with Gasteiger partial charge in [0.2, 0.25) is 0 Å². The van der Waals surface area contributed by atoms with Crippen LogP contribution >= 0.6 is 11.6 Å². The Hall–Kier alpha value is -3.00. The molecule has 4 aromatic rings. The summed E-state index contributed by atoms with van der Waals surface area (Å²) in [6.07, 6.45) is 8.16. The Morgan fingerprint density at radius 1 is 0.921 bits per heavy atom. The van der Waals surface area contributed by atoms with E-state index in [0.717, 1.165) is 72.3 Å². The average Bonchev–Trinajstić information content (AvgIpc) is 3.32. The molecule has 2 aromatic heterocycles. The van der Waals surface area contributed by atoms with Gasteiger partial charge in [0.05, 0.1) is 5.39 Å². The third kappa shape index (κ3) is 4.57. The molecule has 2 aliphatic rings. The lowest BCUT2D eigenvalue weighted by molar-refractivity contribution is 0.0828. The number of fused-ring (bicyclic) bond motifs is 1. The molecule has 3 heterocycles. The first-order valence-electron chi connectivity index (χ1n) is 13.5. The normalized spacial score (nSPS) is 21.3. The van der Waals surface area contributed by atoms with Crippen molar-refractivity contribution in [1.82, 2.24) is 24.3 Å². The van der Waals surface area contributed by atoms with Gasteiger partial charge in [0.25, 0.3) is 0 Å². The fourth-order valence-corrected chi connectivity index (χ4v) is 6.47. The lowest BCUT2D eigenvalue weighted by Gasteiger charge is -2.41. The Morgan fingerprint density at radius 3 is 2.39 bits per heavy atom. The van der Waals surface area contributed by atoms with Crippen LogP contribution < -0.4 is 5.73 Å². The van der Waals surface area contributed by atoms with E-state index in [9.17, 15) is 0 Å². The Bertz CT molecular complexity index is 1470. The number of nitrogens with zero attached hydrogens (tertiary/aromatic N) is 5. The molecule has 6 rings (SSSR count). The van der Waals surface area contributed by atoms with E-state index in [4.69, 9.17) is 17.3 Å². The van der Waals surface area contributed by atoms with Crippen LogP contribution in [0.15, 0.2) is 48.9 Å². The summed E-state index contributed by atoms with van der Waals surface area (Å²) in [5, 5.41) is 1.42. The summed E-state index contributed by atoms with van der Waals surface area (Å²) in [5.41, 5.74) is 11.0. The van der Waals surface area contributed by atoms with Crippen LogP contribution in [0, 0.1) is 12.7 Å². The first-order chi connectivity index (χ1) is 18.4. The van der Waals surface area contributed by atoms with Gasteiger partial charge in [-0.3, -0.25) is 4.90 Å². The lowest BCUT2D eigenvalue weighted by atomic mass is 9.89. The van der Waals surface area contributed by atoms with Gasteiger partial charge in [-0.25, -0.2) is 14.4 Å². The molecule has 0 unspecified atom stereocenters. The van der Waals surface area contributed by atoms with E-state index in [1.54, 1.807) is 6.07 Å². The SMILES string of the molecule is Cc1c(Cl)cccc1-c1ccc(-c2cn(C3CCC(N4CCN(C)CC4)CC3)c3ncnc(N)c23)cc1F. The van der Waals surface area contributed by atoms with Crippen molar-refractivity contribution < 1.29 is 4.39 Å². The number of nitrogen functional groups attached to an aromatic ring is 1. The van der Waals surface area contributed by atoms with Crippen molar-refractivity contribution in [2.45, 2.75) is 44.7 Å². The van der Waals surface area contributed by atoms with E-state index < -0.39 is 0 Å². The highest BCUT2D eigenvalue weighted by atomic mass is 35.5. The summed E-state index contributed by atoms with van der Waals surface area (Å²) in [6.45, 7) is 6.52. The summed E-state index contributed by atoms with van der Waals surface area (Å²) < 4.78 is 17.8. The van der Waals surface area contributed by atoms with Crippen LogP contribution in [0.25, 0.3) is 33.3 Å². The van der Waals surface area contributed by atoms with Crippen molar-refractivity contribution >= 4 is 28.5 Å². The topological polar surface area (TPSA) is 63.2 Å². The molecule has 198 valence electrons. The lowest BCUT2D eigenvalue weighted by Crippen LogP contribution is -2.49. The highest BCUT2D eigenvalue weighted by Crippen LogP contribution is 2.40. The molecule has 2 fully saturated rings. The zero-order valence-electron chi connectivity index (χ0n) is 22.0. The molecule has 0 amide bonds. The van der Waals surface area contributed by atoms with E-state index in [-0.39, 0.29) is 5.82 Å². The van der Waals surface area contributed by atoms with E-state index in [2.05, 4.69) is 37.6 Å². The molecule has 8 heteroatoms. The van der Waals surface area contributed by atoms with Gasteiger partial charge in [-0.15, -0.1) is 0 Å². The van der Waals surface area contributed by atoms with E-state index in [1.165, 1.54) is 19.2 Å². The van der Waals surface area contributed by atoms with Crippen LogP contribution in [-0.2, 0) is 0 Å². The molecule has 2 N–H and O–H groups in total. The van der Waals surface area contributed by atoms with Crippen LogP contribution in [0.2, 0.25) is 5.02 Å². The van der Waals surface area contributed by atoms with Gasteiger partial charge in [-0.1, -0.05) is 35.9 Å². The van der Waals surface area contributed by atoms with Gasteiger partial charge in [-0.05, 0) is 68.5 Å². The number of hydrogen-bond donors (Lipinski definition) is 1. The largest absolute Gasteiger partial charge is 0.383 e. The van der Waals surface area contributed by atoms with Crippen molar-refractivity contribution in [3.8, 4) is 22.3 Å². The number of anilines is 1. The number of likely N-dealkylation sites (N-methyl/N-ethyl adjacent to an activating group) is 1. The third-order valence-electron chi connectivity index (χ3n) is 8.59. The van der Waals surface area contributed by atoms with Crippen LogP contribution in [0.4, 0.5) is 10.2 Å². The van der Waals surface area contributed by atoms with Gasteiger partial charge in [0.1, 0.15) is 23.6 Å². The summed E-state index contributed by atoms with van der Waals surface area (Å²) in [7, 11) is 2.20. The zero-order chi connectivity index (χ0) is 26.4. The number of piperazine rings is 1. The zero-order valence-corrected chi connectivity index (χ0v) is 22.8. The minimum absolute atomic E-state index is 0.295. The Balaban J connectivity index is 1.31. The van der Waals surface area contributed by atoms with E-state index >= 15 is 4.39 Å². The molecule has 1 aliphatic heterocycles. The first kappa shape index (κ1) is 25.3. The van der Waals surface area contributed by atoms with Crippen molar-refractivity contribution in [2.75, 3.05) is 39.0 Å². The Kier molecular flexibility index (Phi) is 6.84. The van der Waals surface area contributed by atoms with Gasteiger partial charge < -0.3 is 15.2 Å². The molecule has 38 heavy (non-hydrogen) atoms. The van der Waals surface area contributed by atoms with E-state index in [0.29, 0.717) is 28.5 Å². The predicted octanol–water partition coefficient (Wildman–Crippen LogP) is 6.18. The van der Waals surface area contributed by atoms with Gasteiger partial charge in [0.15, 0.2) is 0 Å². The quantitative estimate of drug-likeness (QED) is 0.340. The van der Waals surface area contributed by atoms with Crippen LogP contribution in [0.1, 0.15) is 37.3 Å². The van der Waals surface area contributed by atoms with Gasteiger partial charge in [-0.2, -0.15) is 0 Å². The minimum Gasteiger partial charge on any atom is -0.383 e. The molecule has 0 radical (unpaired) electrons. The van der Waals surface area contributed by atoms with Crippen LogP contribution in [0.5, 0.6) is 0 Å². The molecule has 1 saturated heterocycles. The number of rotatable bonds is 4. The Morgan fingerprint density at radius 2 is 1.66 bits per heavy atom. The highest BCUT2D eigenvalue weighted by molar-refractivity contribution is 6.31. The molecular formula is C30H34ClFN6. The molecule has 0 atom stereocenters. The second-order valence-corrected chi connectivity index (χ2v) is 11.2. The third-order valence-corrected chi connectivity index (χ3v) is 9.00. The molecular weight excluding hydrogens is 499 g/mol. The minimum atomic E-state index is -0.295. The van der Waals surface area contributed by atoms with Crippen LogP contribution in [-0.4, -0.2) is 63.6 Å². The maximum Gasteiger partial charge on any atom is 0.146 e. The number of nitrogens with two attached hydrogens (primary N) is 1. The van der Waals surface area contributed by atoms with Crippen molar-refractivity contribution in [2.24, 2.45) is 0 Å². The molecule has 1 aliphatic carbocycles. The second-order valence-electron chi connectivity index (χ2n) is 10.8. The van der Waals surface area contributed by atoms with Crippen molar-refractivity contribution in [3.63, 3.8) is 0 Å². The molecule has 0 bridgehead atoms. The van der Waals surface area contributed by atoms with Gasteiger partial charge >= 0.3 is 0 Å². The second kappa shape index (κ2) is 10.3. The molecule has 1 saturated carbocycles. The monoisotopic (exact) mass is 532 g/mol. The maximum atomic E-state index is 15.5. The van der Waals surface area contributed by atoms with Gasteiger partial charge in [0, 0.05) is 60.6 Å². The fraction of sp³-hybridized carbons (Fsp3) is 0.400. The smallest absolute Gasteiger partial charge is 0.146 e. The van der Waals surface area contributed by atoms with E-state index in [1.807, 2.05) is 37.3 Å². The highest BCUT2D eigenvalue weighted by Gasteiger charge is 2.30. The number of hydrogen-bond acceptors (Lipinski definition) is 5.